The standard InChI is InChI=1S/C9H17NO4S/c11-9(2-3-14-7-9)6-10-8-1-4-15(12,13)5-8/h8,10-11H,1-7H2. The molecule has 0 aromatic heterocycles. The first kappa shape index (κ1) is 11.3. The third-order valence-corrected chi connectivity index (χ3v) is 4.80. The Kier molecular flexibility index (Phi) is 3.03. The van der Waals surface area contributed by atoms with Gasteiger partial charge in [0.05, 0.1) is 18.1 Å². The van der Waals surface area contributed by atoms with Gasteiger partial charge in [-0.3, -0.25) is 0 Å². The molecule has 0 saturated carbocycles. The van der Waals surface area contributed by atoms with E-state index in [1.807, 2.05) is 0 Å². The fraction of sp³-hybridized carbons (Fsp3) is 1.00. The van der Waals surface area contributed by atoms with Gasteiger partial charge in [-0.05, 0) is 6.42 Å². The number of rotatable bonds is 3. The van der Waals surface area contributed by atoms with Gasteiger partial charge in [0.25, 0.3) is 0 Å². The van der Waals surface area contributed by atoms with Crippen LogP contribution < -0.4 is 5.32 Å². The first-order valence-electron chi connectivity index (χ1n) is 5.23. The minimum absolute atomic E-state index is 0.000347. The summed E-state index contributed by atoms with van der Waals surface area (Å²) in [4.78, 5) is 0. The zero-order valence-electron chi connectivity index (χ0n) is 8.61. The van der Waals surface area contributed by atoms with E-state index < -0.39 is 15.4 Å². The first-order chi connectivity index (χ1) is 6.99. The summed E-state index contributed by atoms with van der Waals surface area (Å²) in [6.07, 6.45) is 1.28. The van der Waals surface area contributed by atoms with Crippen molar-refractivity contribution >= 4 is 9.84 Å². The van der Waals surface area contributed by atoms with E-state index in [9.17, 15) is 13.5 Å². The monoisotopic (exact) mass is 235 g/mol. The van der Waals surface area contributed by atoms with Crippen LogP contribution in [0.1, 0.15) is 12.8 Å². The van der Waals surface area contributed by atoms with Crippen LogP contribution in [0.15, 0.2) is 0 Å². The average molecular weight is 235 g/mol. The topological polar surface area (TPSA) is 75.6 Å². The van der Waals surface area contributed by atoms with Crippen molar-refractivity contribution in [3.8, 4) is 0 Å². The molecule has 2 unspecified atom stereocenters. The quantitative estimate of drug-likeness (QED) is 0.650. The number of hydrogen-bond acceptors (Lipinski definition) is 5. The van der Waals surface area contributed by atoms with Crippen LogP contribution in [0, 0.1) is 0 Å². The molecule has 2 aliphatic rings. The van der Waals surface area contributed by atoms with E-state index in [0.717, 1.165) is 0 Å². The van der Waals surface area contributed by atoms with Crippen LogP contribution in [0.4, 0.5) is 0 Å². The van der Waals surface area contributed by atoms with Crippen molar-refractivity contribution < 1.29 is 18.3 Å². The predicted molar refractivity (Wildman–Crippen MR) is 55.4 cm³/mol. The van der Waals surface area contributed by atoms with Crippen LogP contribution in [0.5, 0.6) is 0 Å². The molecule has 5 nitrogen and oxygen atoms in total. The highest BCUT2D eigenvalue weighted by atomic mass is 32.2. The van der Waals surface area contributed by atoms with Crippen molar-refractivity contribution in [2.24, 2.45) is 0 Å². The van der Waals surface area contributed by atoms with Gasteiger partial charge in [-0.1, -0.05) is 0 Å². The second-order valence-electron chi connectivity index (χ2n) is 4.51. The Labute approximate surface area is 89.7 Å². The Morgan fingerprint density at radius 3 is 2.87 bits per heavy atom. The molecule has 15 heavy (non-hydrogen) atoms. The zero-order chi connectivity index (χ0) is 10.9. The van der Waals surface area contributed by atoms with Crippen LogP contribution in [-0.2, 0) is 14.6 Å². The van der Waals surface area contributed by atoms with E-state index in [2.05, 4.69) is 5.32 Å². The van der Waals surface area contributed by atoms with Crippen LogP contribution in [0.25, 0.3) is 0 Å². The number of hydrogen-bond donors (Lipinski definition) is 2. The Balaban J connectivity index is 1.79. The molecule has 0 aromatic rings. The van der Waals surface area contributed by atoms with Gasteiger partial charge in [-0.2, -0.15) is 0 Å². The maximum absolute atomic E-state index is 11.2. The largest absolute Gasteiger partial charge is 0.386 e. The van der Waals surface area contributed by atoms with Gasteiger partial charge in [0.2, 0.25) is 0 Å². The highest BCUT2D eigenvalue weighted by molar-refractivity contribution is 7.91. The summed E-state index contributed by atoms with van der Waals surface area (Å²) in [6, 6.07) is -0.000347. The summed E-state index contributed by atoms with van der Waals surface area (Å²) >= 11 is 0. The molecule has 2 heterocycles. The molecule has 2 aliphatic heterocycles. The molecule has 2 saturated heterocycles. The van der Waals surface area contributed by atoms with Crippen LogP contribution in [0.3, 0.4) is 0 Å². The SMILES string of the molecule is O=S1(=O)CCC(NCC2(O)CCOC2)C1. The van der Waals surface area contributed by atoms with Crippen LogP contribution in [-0.4, -0.2) is 56.4 Å². The van der Waals surface area contributed by atoms with E-state index in [4.69, 9.17) is 4.74 Å². The third kappa shape index (κ3) is 2.90. The van der Waals surface area contributed by atoms with Crippen molar-refractivity contribution in [1.82, 2.24) is 5.32 Å². The summed E-state index contributed by atoms with van der Waals surface area (Å²) in [7, 11) is -2.84. The molecular formula is C9H17NO4S. The van der Waals surface area contributed by atoms with Gasteiger partial charge < -0.3 is 15.2 Å². The van der Waals surface area contributed by atoms with Crippen molar-refractivity contribution in [1.29, 1.82) is 0 Å². The molecule has 0 bridgehead atoms. The smallest absolute Gasteiger partial charge is 0.151 e. The van der Waals surface area contributed by atoms with E-state index in [0.29, 0.717) is 32.6 Å². The molecular weight excluding hydrogens is 218 g/mol. The van der Waals surface area contributed by atoms with E-state index >= 15 is 0 Å². The molecule has 2 atom stereocenters. The van der Waals surface area contributed by atoms with Gasteiger partial charge in [-0.15, -0.1) is 0 Å². The number of sulfone groups is 1. The molecule has 0 amide bonds. The normalized spacial score (nSPS) is 39.7. The Bertz CT molecular complexity index is 321. The van der Waals surface area contributed by atoms with Crippen LogP contribution in [0.2, 0.25) is 0 Å². The minimum Gasteiger partial charge on any atom is -0.386 e. The molecule has 0 aliphatic carbocycles. The van der Waals surface area contributed by atoms with Gasteiger partial charge in [-0.25, -0.2) is 8.42 Å². The van der Waals surface area contributed by atoms with E-state index in [-0.39, 0.29) is 17.5 Å². The van der Waals surface area contributed by atoms with Gasteiger partial charge in [0, 0.05) is 25.6 Å². The molecule has 88 valence electrons. The maximum Gasteiger partial charge on any atom is 0.151 e. The Morgan fingerprint density at radius 1 is 1.53 bits per heavy atom. The number of aliphatic hydroxyl groups is 1. The summed E-state index contributed by atoms with van der Waals surface area (Å²) in [6.45, 7) is 1.35. The molecule has 0 aromatic carbocycles. The fourth-order valence-electron chi connectivity index (χ4n) is 2.03. The first-order valence-corrected chi connectivity index (χ1v) is 7.05. The third-order valence-electron chi connectivity index (χ3n) is 3.03. The Morgan fingerprint density at radius 2 is 2.33 bits per heavy atom. The second kappa shape index (κ2) is 4.01. The minimum atomic E-state index is -2.84. The van der Waals surface area contributed by atoms with Crippen molar-refractivity contribution in [2.45, 2.75) is 24.5 Å². The molecule has 2 N–H and O–H groups in total. The van der Waals surface area contributed by atoms with E-state index in [1.165, 1.54) is 0 Å². The molecule has 0 radical (unpaired) electrons. The molecule has 0 spiro atoms. The lowest BCUT2D eigenvalue weighted by atomic mass is 10.0. The van der Waals surface area contributed by atoms with E-state index in [1.54, 1.807) is 0 Å². The highest BCUT2D eigenvalue weighted by Crippen LogP contribution is 2.18. The zero-order valence-corrected chi connectivity index (χ0v) is 9.42. The summed E-state index contributed by atoms with van der Waals surface area (Å²) in [5.74, 6) is 0.462. The molecule has 2 fully saturated rings. The Hall–Kier alpha value is -0.170. The number of ether oxygens (including phenoxy) is 1. The summed E-state index contributed by atoms with van der Waals surface area (Å²) < 4.78 is 27.5. The van der Waals surface area contributed by atoms with Gasteiger partial charge in [0.1, 0.15) is 5.60 Å². The van der Waals surface area contributed by atoms with Crippen LogP contribution >= 0.6 is 0 Å². The van der Waals surface area contributed by atoms with Gasteiger partial charge >= 0.3 is 0 Å². The molecule has 2 rings (SSSR count). The number of nitrogens with one attached hydrogen (secondary N) is 1. The summed E-state index contributed by atoms with van der Waals surface area (Å²) in [5, 5.41) is 13.1. The van der Waals surface area contributed by atoms with Crippen molar-refractivity contribution in [3.05, 3.63) is 0 Å². The second-order valence-corrected chi connectivity index (χ2v) is 6.74. The van der Waals surface area contributed by atoms with Crippen molar-refractivity contribution in [3.63, 3.8) is 0 Å². The lowest BCUT2D eigenvalue weighted by Gasteiger charge is -2.22. The lowest BCUT2D eigenvalue weighted by molar-refractivity contribution is 0.0254. The van der Waals surface area contributed by atoms with Gasteiger partial charge in [0.15, 0.2) is 9.84 Å². The van der Waals surface area contributed by atoms with Crippen molar-refractivity contribution in [2.75, 3.05) is 31.3 Å². The molecule has 6 heteroatoms. The lowest BCUT2D eigenvalue weighted by Crippen LogP contribution is -2.45. The fourth-order valence-corrected chi connectivity index (χ4v) is 3.73. The summed E-state index contributed by atoms with van der Waals surface area (Å²) in [5.41, 5.74) is -0.799. The maximum atomic E-state index is 11.2. The average Bonchev–Trinajstić information content (AvgIpc) is 2.70. The highest BCUT2D eigenvalue weighted by Gasteiger charge is 2.34. The predicted octanol–water partition coefficient (Wildman–Crippen LogP) is -1.09.